The number of hydrogen-bond acceptors (Lipinski definition) is 4. The summed E-state index contributed by atoms with van der Waals surface area (Å²) in [4.78, 5) is 24.2. The van der Waals surface area contributed by atoms with E-state index in [0.717, 1.165) is 6.07 Å². The van der Waals surface area contributed by atoms with Crippen LogP contribution in [0.25, 0.3) is 0 Å². The number of benzene rings is 2. The molecule has 0 radical (unpaired) electrons. The van der Waals surface area contributed by atoms with Gasteiger partial charge in [0.15, 0.2) is 23.6 Å². The lowest BCUT2D eigenvalue weighted by molar-refractivity contribution is -0.123. The number of carbonyl (C=O) groups excluding carboxylic acids is 2. The lowest BCUT2D eigenvalue weighted by atomic mass is 10.2. The molecular weight excluding hydrogens is 375 g/mol. The molecule has 0 bridgehead atoms. The van der Waals surface area contributed by atoms with E-state index in [2.05, 4.69) is 0 Å². The van der Waals surface area contributed by atoms with Gasteiger partial charge in [-0.2, -0.15) is 0 Å². The maximum atomic E-state index is 13.6. The van der Waals surface area contributed by atoms with Gasteiger partial charge in [0.1, 0.15) is 11.3 Å². The number of anilines is 1. The van der Waals surface area contributed by atoms with E-state index in [9.17, 15) is 22.8 Å². The molecule has 0 unspecified atom stereocenters. The highest BCUT2D eigenvalue weighted by Crippen LogP contribution is 2.24. The van der Waals surface area contributed by atoms with Crippen LogP contribution in [0.3, 0.4) is 0 Å². The Morgan fingerprint density at radius 1 is 1.12 bits per heavy atom. The summed E-state index contributed by atoms with van der Waals surface area (Å²) in [7, 11) is 1.34. The Hall–Kier alpha value is -2.74. The average molecular weight is 388 g/mol. The molecule has 138 valence electrons. The fraction of sp³-hybridized carbons (Fsp3) is 0.176. The lowest BCUT2D eigenvalue weighted by Gasteiger charge is -2.15. The Kier molecular flexibility index (Phi) is 6.10. The molecule has 26 heavy (non-hydrogen) atoms. The van der Waals surface area contributed by atoms with Gasteiger partial charge in [0, 0.05) is 5.02 Å². The molecule has 2 aromatic carbocycles. The van der Waals surface area contributed by atoms with Gasteiger partial charge in [-0.3, -0.25) is 4.79 Å². The first-order valence-corrected chi connectivity index (χ1v) is 7.61. The molecule has 0 fully saturated rings. The Labute approximate surface area is 151 Å². The van der Waals surface area contributed by atoms with E-state index in [-0.39, 0.29) is 16.3 Å². The summed E-state index contributed by atoms with van der Waals surface area (Å²) in [5.41, 5.74) is -0.601. The van der Waals surface area contributed by atoms with Crippen molar-refractivity contribution >= 4 is 29.2 Å². The number of methoxy groups -OCH3 is 1. The zero-order valence-electron chi connectivity index (χ0n) is 13.6. The molecule has 0 aliphatic heterocycles. The maximum absolute atomic E-state index is 13.6. The number of halogens is 4. The quantitative estimate of drug-likeness (QED) is 0.623. The summed E-state index contributed by atoms with van der Waals surface area (Å²) in [6.07, 6.45) is -1.36. The number of carbonyl (C=O) groups is 2. The van der Waals surface area contributed by atoms with E-state index >= 15 is 0 Å². The van der Waals surface area contributed by atoms with Gasteiger partial charge in [0.05, 0.1) is 12.8 Å². The second-order valence-electron chi connectivity index (χ2n) is 5.10. The first-order chi connectivity index (χ1) is 12.2. The van der Waals surface area contributed by atoms with E-state index < -0.39 is 41.1 Å². The van der Waals surface area contributed by atoms with E-state index in [4.69, 9.17) is 21.1 Å². The van der Waals surface area contributed by atoms with Crippen molar-refractivity contribution in [1.29, 1.82) is 0 Å². The van der Waals surface area contributed by atoms with E-state index in [1.165, 1.54) is 32.2 Å². The Morgan fingerprint density at radius 2 is 1.81 bits per heavy atom. The molecule has 0 saturated carbocycles. The second kappa shape index (κ2) is 8.09. The molecule has 9 heteroatoms. The van der Waals surface area contributed by atoms with Crippen molar-refractivity contribution in [3.05, 3.63) is 58.4 Å². The van der Waals surface area contributed by atoms with Crippen LogP contribution in [-0.2, 0) is 9.53 Å². The van der Waals surface area contributed by atoms with Crippen LogP contribution in [0.2, 0.25) is 5.02 Å². The number of ether oxygens (including phenoxy) is 2. The summed E-state index contributed by atoms with van der Waals surface area (Å²) in [5.74, 6) is -6.35. The number of rotatable bonds is 5. The Morgan fingerprint density at radius 3 is 2.46 bits per heavy atom. The van der Waals surface area contributed by atoms with Gasteiger partial charge in [-0.1, -0.05) is 11.6 Å². The molecule has 2 aromatic rings. The van der Waals surface area contributed by atoms with Crippen molar-refractivity contribution < 1.29 is 32.2 Å². The molecule has 2 rings (SSSR count). The molecule has 1 amide bonds. The van der Waals surface area contributed by atoms with Crippen LogP contribution in [0.4, 0.5) is 18.9 Å². The summed E-state index contributed by atoms with van der Waals surface area (Å²) in [6.45, 7) is 1.22. The highest BCUT2D eigenvalue weighted by molar-refractivity contribution is 6.31. The minimum absolute atomic E-state index is 0.0151. The third-order valence-corrected chi connectivity index (χ3v) is 3.56. The summed E-state index contributed by atoms with van der Waals surface area (Å²) >= 11 is 5.82. The number of nitrogens with one attached hydrogen (secondary N) is 1. The largest absolute Gasteiger partial charge is 0.496 e. The van der Waals surface area contributed by atoms with Gasteiger partial charge < -0.3 is 14.8 Å². The summed E-state index contributed by atoms with van der Waals surface area (Å²) in [6, 6.07) is 5.74. The van der Waals surface area contributed by atoms with Gasteiger partial charge in [-0.15, -0.1) is 0 Å². The third-order valence-electron chi connectivity index (χ3n) is 3.33. The zero-order valence-corrected chi connectivity index (χ0v) is 14.4. The molecule has 0 spiro atoms. The average Bonchev–Trinajstić information content (AvgIpc) is 2.61. The van der Waals surface area contributed by atoms with Crippen LogP contribution in [0.1, 0.15) is 17.3 Å². The highest BCUT2D eigenvalue weighted by Gasteiger charge is 2.23. The normalized spacial score (nSPS) is 11.6. The van der Waals surface area contributed by atoms with Crippen molar-refractivity contribution in [2.24, 2.45) is 0 Å². The summed E-state index contributed by atoms with van der Waals surface area (Å²) in [5, 5.41) is 2.27. The fourth-order valence-electron chi connectivity index (χ4n) is 1.97. The topological polar surface area (TPSA) is 64.6 Å². The van der Waals surface area contributed by atoms with Crippen LogP contribution in [0.15, 0.2) is 30.3 Å². The molecule has 5 nitrogen and oxygen atoms in total. The zero-order chi connectivity index (χ0) is 19.4. The SMILES string of the molecule is COc1ccc(Cl)cc1C(=O)O[C@@H](C)C(=O)Nc1ccc(F)c(F)c1F. The molecule has 0 aromatic heterocycles. The molecule has 1 N–H and O–H groups in total. The van der Waals surface area contributed by atoms with Gasteiger partial charge in [0.25, 0.3) is 5.91 Å². The van der Waals surface area contributed by atoms with Crippen LogP contribution in [-0.4, -0.2) is 25.1 Å². The molecular formula is C17H13ClF3NO4. The van der Waals surface area contributed by atoms with Crippen LogP contribution in [0, 0.1) is 17.5 Å². The minimum atomic E-state index is -1.73. The maximum Gasteiger partial charge on any atom is 0.342 e. The fourth-order valence-corrected chi connectivity index (χ4v) is 2.15. The number of esters is 1. The predicted molar refractivity (Wildman–Crippen MR) is 87.8 cm³/mol. The van der Waals surface area contributed by atoms with Gasteiger partial charge >= 0.3 is 5.97 Å². The van der Waals surface area contributed by atoms with Gasteiger partial charge in [-0.05, 0) is 37.3 Å². The molecule has 0 aliphatic carbocycles. The standard InChI is InChI=1S/C17H13ClF3NO4/c1-8(16(23)22-12-5-4-11(19)14(20)15(12)21)26-17(24)10-7-9(18)3-6-13(10)25-2/h3-8H,1-2H3,(H,22,23)/t8-/m0/s1. The first kappa shape index (κ1) is 19.6. The van der Waals surface area contributed by atoms with Crippen LogP contribution < -0.4 is 10.1 Å². The monoisotopic (exact) mass is 387 g/mol. The van der Waals surface area contributed by atoms with Crippen molar-refractivity contribution in [2.75, 3.05) is 12.4 Å². The predicted octanol–water partition coefficient (Wildman–Crippen LogP) is 3.95. The molecule has 0 aliphatic rings. The van der Waals surface area contributed by atoms with Crippen LogP contribution >= 0.6 is 11.6 Å². The second-order valence-corrected chi connectivity index (χ2v) is 5.54. The van der Waals surface area contributed by atoms with E-state index in [1.807, 2.05) is 5.32 Å². The van der Waals surface area contributed by atoms with Crippen molar-refractivity contribution in [2.45, 2.75) is 13.0 Å². The number of hydrogen-bond donors (Lipinski definition) is 1. The summed E-state index contributed by atoms with van der Waals surface area (Å²) < 4.78 is 49.7. The van der Waals surface area contributed by atoms with Gasteiger partial charge in [0.2, 0.25) is 0 Å². The Bertz CT molecular complexity index is 860. The van der Waals surface area contributed by atoms with Crippen molar-refractivity contribution in [1.82, 2.24) is 0 Å². The smallest absolute Gasteiger partial charge is 0.342 e. The molecule has 0 heterocycles. The highest BCUT2D eigenvalue weighted by atomic mass is 35.5. The van der Waals surface area contributed by atoms with Crippen LogP contribution in [0.5, 0.6) is 5.75 Å². The van der Waals surface area contributed by atoms with E-state index in [0.29, 0.717) is 6.07 Å². The minimum Gasteiger partial charge on any atom is -0.496 e. The van der Waals surface area contributed by atoms with Crippen molar-refractivity contribution in [3.63, 3.8) is 0 Å². The first-order valence-electron chi connectivity index (χ1n) is 7.23. The van der Waals surface area contributed by atoms with Gasteiger partial charge in [-0.25, -0.2) is 18.0 Å². The Balaban J connectivity index is 2.11. The molecule has 1 atom stereocenters. The molecule has 0 saturated heterocycles. The van der Waals surface area contributed by atoms with Crippen molar-refractivity contribution in [3.8, 4) is 5.75 Å². The lowest BCUT2D eigenvalue weighted by Crippen LogP contribution is -2.30. The third kappa shape index (κ3) is 4.26. The number of amides is 1. The van der Waals surface area contributed by atoms with E-state index in [1.54, 1.807) is 0 Å².